The first-order valence-electron chi connectivity index (χ1n) is 12.2. The summed E-state index contributed by atoms with van der Waals surface area (Å²) in [5.74, 6) is -3.05. The Bertz CT molecular complexity index is 1440. The molecule has 204 valence electrons. The smallest absolute Gasteiger partial charge is 0.419 e. The van der Waals surface area contributed by atoms with Crippen LogP contribution in [-0.2, 0) is 12.7 Å². The maximum Gasteiger partial charge on any atom is 0.419 e. The predicted octanol–water partition coefficient (Wildman–Crippen LogP) is 6.72. The van der Waals surface area contributed by atoms with E-state index < -0.39 is 35.5 Å². The largest absolute Gasteiger partial charge is 0.496 e. The number of benzene rings is 2. The number of amides is 2. The zero-order valence-corrected chi connectivity index (χ0v) is 20.7. The van der Waals surface area contributed by atoms with Crippen LogP contribution in [0.1, 0.15) is 36.0 Å². The molecule has 5 nitrogen and oxygen atoms in total. The molecule has 1 fully saturated rings. The average molecular weight is 547 g/mol. The maximum atomic E-state index is 14.9. The zero-order valence-electron chi connectivity index (χ0n) is 20.7. The Kier molecular flexibility index (Phi) is 7.00. The van der Waals surface area contributed by atoms with Crippen molar-refractivity contribution < 1.29 is 35.9 Å². The van der Waals surface area contributed by atoms with Crippen LogP contribution in [-0.4, -0.2) is 35.1 Å². The Morgan fingerprint density at radius 3 is 2.41 bits per heavy atom. The fourth-order valence-electron chi connectivity index (χ4n) is 5.29. The quantitative estimate of drug-likeness (QED) is 0.285. The van der Waals surface area contributed by atoms with Crippen LogP contribution in [0.25, 0.3) is 16.7 Å². The lowest BCUT2D eigenvalue weighted by atomic mass is 9.93. The number of nitrogens with zero attached hydrogens (tertiary/aromatic N) is 2. The summed E-state index contributed by atoms with van der Waals surface area (Å²) in [6.07, 6.45) is -0.839. The Labute approximate surface area is 220 Å². The van der Waals surface area contributed by atoms with Crippen molar-refractivity contribution in [3.05, 3.63) is 89.0 Å². The predicted molar refractivity (Wildman–Crippen MR) is 131 cm³/mol. The number of halogens is 6. The van der Waals surface area contributed by atoms with Crippen LogP contribution < -0.4 is 10.1 Å². The van der Waals surface area contributed by atoms with Crippen molar-refractivity contribution in [3.63, 3.8) is 0 Å². The number of urea groups is 1. The Morgan fingerprint density at radius 1 is 1.03 bits per heavy atom. The molecule has 39 heavy (non-hydrogen) atoms. The number of carbonyl (C=O) groups is 1. The second kappa shape index (κ2) is 10.3. The van der Waals surface area contributed by atoms with E-state index in [2.05, 4.69) is 10.3 Å². The number of aromatic nitrogens is 1. The first kappa shape index (κ1) is 26.6. The lowest BCUT2D eigenvalue weighted by Crippen LogP contribution is -2.48. The van der Waals surface area contributed by atoms with Gasteiger partial charge in [-0.3, -0.25) is 0 Å². The van der Waals surface area contributed by atoms with Gasteiger partial charge in [-0.25, -0.2) is 9.18 Å². The highest BCUT2D eigenvalue weighted by Crippen LogP contribution is 2.40. The lowest BCUT2D eigenvalue weighted by Gasteiger charge is -2.34. The fraction of sp³-hybridized carbons (Fsp3) is 0.286. The van der Waals surface area contributed by atoms with Crippen molar-refractivity contribution in [1.29, 1.82) is 0 Å². The standard InChI is InChI=1S/C28H23F6N3O2/c1-39-24-7-2-15(8-22(24)28(32,33)34)14-35-27(38)37-19-4-5-20(37)10-17(9-19)16-3-6-21(23(29)11-16)18-12-25(30)36-26(31)13-18/h2-3,6-9,11-13,19-20H,4-5,10,14H2,1H3,(H,35,38). The van der Waals surface area contributed by atoms with Gasteiger partial charge in [0.25, 0.3) is 0 Å². The fourth-order valence-corrected chi connectivity index (χ4v) is 5.29. The van der Waals surface area contributed by atoms with E-state index in [0.29, 0.717) is 18.4 Å². The summed E-state index contributed by atoms with van der Waals surface area (Å²) >= 11 is 0. The van der Waals surface area contributed by atoms with Crippen molar-refractivity contribution in [2.24, 2.45) is 0 Å². The Morgan fingerprint density at radius 2 is 1.77 bits per heavy atom. The topological polar surface area (TPSA) is 54.5 Å². The summed E-state index contributed by atoms with van der Waals surface area (Å²) in [4.78, 5) is 17.7. The number of hydrogen-bond acceptors (Lipinski definition) is 3. The third-order valence-electron chi connectivity index (χ3n) is 7.06. The van der Waals surface area contributed by atoms with Gasteiger partial charge in [-0.15, -0.1) is 0 Å². The molecule has 5 rings (SSSR count). The highest BCUT2D eigenvalue weighted by molar-refractivity contribution is 5.79. The summed E-state index contributed by atoms with van der Waals surface area (Å²) in [7, 11) is 1.16. The van der Waals surface area contributed by atoms with Gasteiger partial charge in [-0.1, -0.05) is 24.3 Å². The van der Waals surface area contributed by atoms with Gasteiger partial charge >= 0.3 is 12.2 Å². The van der Waals surface area contributed by atoms with E-state index in [-0.39, 0.29) is 41.1 Å². The number of methoxy groups -OCH3 is 1. The molecule has 0 saturated carbocycles. The molecule has 2 bridgehead atoms. The molecule has 0 spiro atoms. The van der Waals surface area contributed by atoms with Crippen LogP contribution in [0.2, 0.25) is 0 Å². The summed E-state index contributed by atoms with van der Waals surface area (Å²) in [6, 6.07) is 9.13. The van der Waals surface area contributed by atoms with Crippen LogP contribution in [0.15, 0.2) is 54.6 Å². The van der Waals surface area contributed by atoms with Crippen molar-refractivity contribution in [2.45, 2.75) is 44.1 Å². The van der Waals surface area contributed by atoms with Crippen LogP contribution in [0.4, 0.5) is 31.1 Å². The van der Waals surface area contributed by atoms with E-state index >= 15 is 0 Å². The normalized spacial score (nSPS) is 18.6. The van der Waals surface area contributed by atoms with E-state index in [0.717, 1.165) is 37.3 Å². The number of alkyl halides is 3. The summed E-state index contributed by atoms with van der Waals surface area (Å²) < 4.78 is 86.7. The van der Waals surface area contributed by atoms with Gasteiger partial charge in [-0.2, -0.15) is 26.9 Å². The first-order valence-corrected chi connectivity index (χ1v) is 12.2. The van der Waals surface area contributed by atoms with E-state index in [4.69, 9.17) is 4.74 Å². The Hall–Kier alpha value is -4.02. The molecule has 2 aromatic carbocycles. The highest BCUT2D eigenvalue weighted by Gasteiger charge is 2.40. The minimum Gasteiger partial charge on any atom is -0.496 e. The average Bonchev–Trinajstić information content (AvgIpc) is 3.15. The maximum absolute atomic E-state index is 14.9. The number of pyridine rings is 1. The highest BCUT2D eigenvalue weighted by atomic mass is 19.4. The van der Waals surface area contributed by atoms with E-state index in [1.807, 2.05) is 6.08 Å². The van der Waals surface area contributed by atoms with Gasteiger partial charge < -0.3 is 15.0 Å². The molecule has 2 amide bonds. The molecule has 3 heterocycles. The van der Waals surface area contributed by atoms with Crippen LogP contribution >= 0.6 is 0 Å². The molecular formula is C28H23F6N3O2. The SMILES string of the molecule is COc1ccc(CNC(=O)N2C3C=C(c4ccc(-c5cc(F)nc(F)c5)c(F)c4)CC2CC3)cc1C(F)(F)F. The van der Waals surface area contributed by atoms with E-state index in [9.17, 15) is 31.1 Å². The third-order valence-corrected chi connectivity index (χ3v) is 7.06. The first-order chi connectivity index (χ1) is 18.5. The van der Waals surface area contributed by atoms with E-state index in [1.54, 1.807) is 11.0 Å². The summed E-state index contributed by atoms with van der Waals surface area (Å²) in [5, 5.41) is 2.71. The number of fused-ring (bicyclic) bond motifs is 2. The Balaban J connectivity index is 1.30. The molecule has 11 heteroatoms. The molecule has 0 radical (unpaired) electrons. The van der Waals surface area contributed by atoms with Crippen LogP contribution in [0.3, 0.4) is 0 Å². The van der Waals surface area contributed by atoms with Crippen molar-refractivity contribution in [2.75, 3.05) is 7.11 Å². The molecule has 3 aromatic rings. The minimum atomic E-state index is -4.60. The second-order valence-electron chi connectivity index (χ2n) is 9.49. The van der Waals surface area contributed by atoms with Crippen LogP contribution in [0.5, 0.6) is 5.75 Å². The molecule has 2 unspecified atom stereocenters. The van der Waals surface area contributed by atoms with E-state index in [1.165, 1.54) is 24.3 Å². The van der Waals surface area contributed by atoms with Crippen molar-refractivity contribution in [3.8, 4) is 16.9 Å². The number of carbonyl (C=O) groups excluding carboxylic acids is 1. The molecule has 1 aromatic heterocycles. The summed E-state index contributed by atoms with van der Waals surface area (Å²) in [6.45, 7) is -0.0959. The monoisotopic (exact) mass is 547 g/mol. The molecule has 2 aliphatic rings. The van der Waals surface area contributed by atoms with Gasteiger partial charge in [0.1, 0.15) is 11.6 Å². The number of ether oxygens (including phenoxy) is 1. The van der Waals surface area contributed by atoms with Gasteiger partial charge in [0.2, 0.25) is 11.9 Å². The zero-order chi connectivity index (χ0) is 27.9. The van der Waals surface area contributed by atoms with Gasteiger partial charge in [0.05, 0.1) is 18.7 Å². The third kappa shape index (κ3) is 5.43. The second-order valence-corrected chi connectivity index (χ2v) is 9.49. The number of rotatable bonds is 5. The number of hydrogen-bond donors (Lipinski definition) is 1. The summed E-state index contributed by atoms with van der Waals surface area (Å²) in [5.41, 5.74) is 0.868. The molecule has 1 saturated heterocycles. The lowest BCUT2D eigenvalue weighted by molar-refractivity contribution is -0.138. The van der Waals surface area contributed by atoms with Gasteiger partial charge in [-0.05, 0) is 59.7 Å². The number of nitrogens with one attached hydrogen (secondary N) is 1. The molecule has 2 atom stereocenters. The molecule has 0 aliphatic carbocycles. The van der Waals surface area contributed by atoms with Crippen molar-refractivity contribution in [1.82, 2.24) is 15.2 Å². The molecular weight excluding hydrogens is 524 g/mol. The van der Waals surface area contributed by atoms with Crippen molar-refractivity contribution >= 4 is 11.6 Å². The molecule has 2 aliphatic heterocycles. The minimum absolute atomic E-state index is 0.0313. The van der Waals surface area contributed by atoms with Gasteiger partial charge in [0.15, 0.2) is 0 Å². The van der Waals surface area contributed by atoms with Gasteiger partial charge in [0, 0.05) is 30.3 Å². The molecule has 1 N–H and O–H groups in total. The van der Waals surface area contributed by atoms with Crippen LogP contribution in [0, 0.1) is 17.7 Å².